The van der Waals surface area contributed by atoms with Crippen molar-refractivity contribution in [2.45, 2.75) is 73.5 Å². The van der Waals surface area contributed by atoms with Gasteiger partial charge in [0.1, 0.15) is 24.3 Å². The Morgan fingerprint density at radius 1 is 0.649 bits per heavy atom. The van der Waals surface area contributed by atoms with Gasteiger partial charge in [-0.2, -0.15) is 0 Å². The van der Waals surface area contributed by atoms with Crippen LogP contribution >= 0.6 is 15.9 Å². The van der Waals surface area contributed by atoms with E-state index in [4.69, 9.17) is 9.47 Å². The lowest BCUT2D eigenvalue weighted by Gasteiger charge is -2.35. The van der Waals surface area contributed by atoms with Crippen molar-refractivity contribution in [3.8, 4) is 0 Å². The number of carbonyl (C=O) groups is 5. The lowest BCUT2D eigenvalue weighted by atomic mass is 10.2. The van der Waals surface area contributed by atoms with Crippen LogP contribution in [0.15, 0.2) is 59.5 Å². The standard InChI is InChI=1S/C15H21N3O3.C10H13N3O.C9H16N2O3.C6H6BrN/c1-11-9-12(5-6-16-11)18-8-7-17(10-13(18)19)14(20)21-15(2,3)4;1-8-6-9(2-3-12-8)13-5-4-11-7-10(13)14;1-9(2,3)14-8(13)11-5-4-10-7(12)6-11;1-5-4-6(7)2-3-8-5/h5-6,9H,7-8,10H2,1-4H3;2-3,6,11H,4-5,7H2,1H3;4-6H2,1-3H3,(H,10,12);2-4H,1H3. The molecule has 0 bridgehead atoms. The van der Waals surface area contributed by atoms with E-state index in [1.165, 1.54) is 9.80 Å². The first-order chi connectivity index (χ1) is 26.7. The van der Waals surface area contributed by atoms with E-state index in [9.17, 15) is 24.0 Å². The smallest absolute Gasteiger partial charge is 0.410 e. The van der Waals surface area contributed by atoms with Crippen molar-refractivity contribution in [3.05, 3.63) is 76.5 Å². The van der Waals surface area contributed by atoms with Gasteiger partial charge in [-0.3, -0.25) is 39.1 Å². The summed E-state index contributed by atoms with van der Waals surface area (Å²) in [5, 5.41) is 5.68. The maximum Gasteiger partial charge on any atom is 0.410 e. The van der Waals surface area contributed by atoms with Gasteiger partial charge in [0, 0.05) is 90.8 Å². The molecule has 17 heteroatoms. The first kappa shape index (κ1) is 46.2. The number of rotatable bonds is 2. The van der Waals surface area contributed by atoms with Crippen LogP contribution in [0, 0.1) is 20.8 Å². The van der Waals surface area contributed by atoms with Crippen LogP contribution in [0.4, 0.5) is 21.0 Å². The van der Waals surface area contributed by atoms with Gasteiger partial charge in [0.25, 0.3) is 0 Å². The largest absolute Gasteiger partial charge is 0.444 e. The van der Waals surface area contributed by atoms with E-state index in [0.717, 1.165) is 46.0 Å². The number of hydrogen-bond acceptors (Lipinski definition) is 11. The maximum atomic E-state index is 12.2. The number of nitrogens with one attached hydrogen (secondary N) is 2. The van der Waals surface area contributed by atoms with Crippen LogP contribution < -0.4 is 20.4 Å². The number of hydrogen-bond donors (Lipinski definition) is 2. The predicted molar refractivity (Wildman–Crippen MR) is 221 cm³/mol. The van der Waals surface area contributed by atoms with Crippen molar-refractivity contribution in [3.63, 3.8) is 0 Å². The summed E-state index contributed by atoms with van der Waals surface area (Å²) in [5.74, 6) is -0.123. The molecule has 3 fully saturated rings. The third-order valence-corrected chi connectivity index (χ3v) is 8.39. The molecule has 0 radical (unpaired) electrons. The van der Waals surface area contributed by atoms with Crippen LogP contribution in [0.5, 0.6) is 0 Å². The quantitative estimate of drug-likeness (QED) is 0.362. The van der Waals surface area contributed by atoms with Crippen molar-refractivity contribution >= 4 is 57.2 Å². The van der Waals surface area contributed by atoms with E-state index < -0.39 is 23.4 Å². The van der Waals surface area contributed by atoms with E-state index in [1.807, 2.05) is 71.9 Å². The van der Waals surface area contributed by atoms with Gasteiger partial charge >= 0.3 is 12.2 Å². The van der Waals surface area contributed by atoms with Crippen molar-refractivity contribution < 1.29 is 33.4 Å². The Labute approximate surface area is 343 Å². The third-order valence-electron chi connectivity index (χ3n) is 7.89. The molecule has 3 aliphatic rings. The van der Waals surface area contributed by atoms with Crippen LogP contribution in [0.1, 0.15) is 58.6 Å². The number of halogens is 1. The van der Waals surface area contributed by atoms with E-state index in [0.29, 0.717) is 32.7 Å². The van der Waals surface area contributed by atoms with Crippen LogP contribution in [0.2, 0.25) is 0 Å². The highest BCUT2D eigenvalue weighted by Gasteiger charge is 2.31. The summed E-state index contributed by atoms with van der Waals surface area (Å²) in [6.07, 6.45) is 4.33. The second kappa shape index (κ2) is 21.4. The first-order valence-electron chi connectivity index (χ1n) is 18.7. The van der Waals surface area contributed by atoms with Gasteiger partial charge in [0.15, 0.2) is 0 Å². The lowest BCUT2D eigenvalue weighted by molar-refractivity contribution is -0.124. The molecule has 3 aromatic rings. The Bertz CT molecular complexity index is 1830. The zero-order valence-electron chi connectivity index (χ0n) is 34.4. The van der Waals surface area contributed by atoms with Crippen LogP contribution in [0.3, 0.4) is 0 Å². The number of nitrogens with zero attached hydrogens (tertiary/aromatic N) is 7. The number of anilines is 2. The molecule has 2 N–H and O–H groups in total. The molecule has 0 atom stereocenters. The highest BCUT2D eigenvalue weighted by Crippen LogP contribution is 2.19. The number of aryl methyl sites for hydroxylation is 3. The average Bonchev–Trinajstić information content (AvgIpc) is 3.11. The number of pyridine rings is 3. The Morgan fingerprint density at radius 2 is 1.14 bits per heavy atom. The summed E-state index contributed by atoms with van der Waals surface area (Å²) in [4.78, 5) is 76.8. The SMILES string of the molecule is CC(C)(C)OC(=O)N1CCNC(=O)C1.Cc1cc(Br)ccn1.Cc1cc(N2CCN(C(=O)OC(C)(C)C)CC2=O)ccn1.Cc1cc(N2CCNCC2=O)ccn1. The summed E-state index contributed by atoms with van der Waals surface area (Å²) < 4.78 is 11.5. The molecule has 0 aromatic carbocycles. The lowest BCUT2D eigenvalue weighted by Crippen LogP contribution is -2.53. The van der Waals surface area contributed by atoms with Gasteiger partial charge in [-0.1, -0.05) is 15.9 Å². The molecule has 3 aromatic heterocycles. The molecule has 16 nitrogen and oxygen atoms in total. The van der Waals surface area contributed by atoms with Crippen LogP contribution in [0.25, 0.3) is 0 Å². The molecule has 0 spiro atoms. The topological polar surface area (TPSA) is 180 Å². The van der Waals surface area contributed by atoms with Gasteiger partial charge in [-0.25, -0.2) is 9.59 Å². The van der Waals surface area contributed by atoms with Gasteiger partial charge in [-0.15, -0.1) is 0 Å². The van der Waals surface area contributed by atoms with Crippen molar-refractivity contribution in [2.24, 2.45) is 0 Å². The minimum atomic E-state index is -0.556. The van der Waals surface area contributed by atoms with E-state index in [1.54, 1.807) is 55.2 Å². The molecular formula is C40H56BrN9O7. The van der Waals surface area contributed by atoms with Crippen LogP contribution in [-0.4, -0.2) is 125 Å². The van der Waals surface area contributed by atoms with Crippen molar-refractivity contribution in [1.29, 1.82) is 0 Å². The molecule has 5 amide bonds. The third kappa shape index (κ3) is 16.8. The zero-order chi connectivity index (χ0) is 42.3. The second-order valence-corrected chi connectivity index (χ2v) is 16.3. The number of aromatic nitrogens is 3. The predicted octanol–water partition coefficient (Wildman–Crippen LogP) is 4.81. The average molecular weight is 855 g/mol. The highest BCUT2D eigenvalue weighted by atomic mass is 79.9. The Morgan fingerprint density at radius 3 is 1.56 bits per heavy atom. The zero-order valence-corrected chi connectivity index (χ0v) is 36.0. The molecule has 0 aliphatic carbocycles. The number of carbonyl (C=O) groups excluding carboxylic acids is 5. The number of piperazine rings is 3. The number of ether oxygens (including phenoxy) is 2. The molecule has 3 aliphatic heterocycles. The molecular weight excluding hydrogens is 798 g/mol. The Kier molecular flexibility index (Phi) is 17.3. The highest BCUT2D eigenvalue weighted by molar-refractivity contribution is 9.10. The summed E-state index contributed by atoms with van der Waals surface area (Å²) in [7, 11) is 0. The molecule has 6 rings (SSSR count). The van der Waals surface area contributed by atoms with E-state index in [2.05, 4.69) is 41.5 Å². The molecule has 0 saturated carbocycles. The Hall–Kier alpha value is -5.16. The van der Waals surface area contributed by atoms with Gasteiger partial charge in [0.2, 0.25) is 17.7 Å². The normalized spacial score (nSPS) is 15.8. The van der Waals surface area contributed by atoms with E-state index >= 15 is 0 Å². The maximum absolute atomic E-state index is 12.2. The fourth-order valence-corrected chi connectivity index (χ4v) is 5.79. The fourth-order valence-electron chi connectivity index (χ4n) is 5.34. The first-order valence-corrected chi connectivity index (χ1v) is 19.5. The van der Waals surface area contributed by atoms with Gasteiger partial charge in [-0.05, 0) is 98.7 Å². The molecule has 310 valence electrons. The molecule has 6 heterocycles. The summed E-state index contributed by atoms with van der Waals surface area (Å²) in [5.41, 5.74) is 3.54. The van der Waals surface area contributed by atoms with Crippen LogP contribution in [-0.2, 0) is 23.9 Å². The van der Waals surface area contributed by atoms with Gasteiger partial charge < -0.3 is 29.9 Å². The fraction of sp³-hybridized carbons (Fsp3) is 0.500. The summed E-state index contributed by atoms with van der Waals surface area (Å²) >= 11 is 3.32. The Balaban J connectivity index is 0.000000214. The summed E-state index contributed by atoms with van der Waals surface area (Å²) in [6.45, 7) is 20.7. The summed E-state index contributed by atoms with van der Waals surface area (Å²) in [6, 6.07) is 11.3. The molecule has 57 heavy (non-hydrogen) atoms. The van der Waals surface area contributed by atoms with Gasteiger partial charge in [0.05, 0.1) is 6.54 Å². The van der Waals surface area contributed by atoms with Crippen molar-refractivity contribution in [2.75, 3.05) is 68.7 Å². The van der Waals surface area contributed by atoms with Crippen molar-refractivity contribution in [1.82, 2.24) is 35.4 Å². The number of amides is 5. The van der Waals surface area contributed by atoms with E-state index in [-0.39, 0.29) is 30.8 Å². The minimum absolute atomic E-state index is 0.0380. The molecule has 3 saturated heterocycles. The molecule has 0 unspecified atom stereocenters. The second-order valence-electron chi connectivity index (χ2n) is 15.3. The monoisotopic (exact) mass is 853 g/mol. The minimum Gasteiger partial charge on any atom is -0.444 e.